The van der Waals surface area contributed by atoms with Gasteiger partial charge in [-0.25, -0.2) is 9.78 Å². The number of thiophene rings is 1. The third kappa shape index (κ3) is 7.25. The zero-order valence-electron chi connectivity index (χ0n) is 26.8. The number of ether oxygens (including phenoxy) is 3. The van der Waals surface area contributed by atoms with Gasteiger partial charge in [0.05, 0.1) is 31.5 Å². The van der Waals surface area contributed by atoms with E-state index in [0.29, 0.717) is 42.9 Å². The monoisotopic (exact) mass is 610 g/mol. The number of aromatic carboxylic acids is 1. The van der Waals surface area contributed by atoms with Crippen LogP contribution in [0.15, 0.2) is 24.3 Å². The number of fused-ring (bicyclic) bond motifs is 1. The fraction of sp³-hybridized carbons (Fsp3) is 0.559. The van der Waals surface area contributed by atoms with Crippen LogP contribution in [-0.4, -0.2) is 48.3 Å². The Hall–Kier alpha value is -3.33. The second-order valence-electron chi connectivity index (χ2n) is 12.7. The molecule has 1 fully saturated rings. The topological polar surface area (TPSA) is 98.2 Å². The molecule has 1 aliphatic carbocycles. The van der Waals surface area contributed by atoms with Gasteiger partial charge in [0.1, 0.15) is 16.4 Å². The van der Waals surface area contributed by atoms with E-state index in [1.165, 1.54) is 11.3 Å². The van der Waals surface area contributed by atoms with E-state index in [4.69, 9.17) is 14.2 Å². The van der Waals surface area contributed by atoms with Crippen LogP contribution in [0.4, 0.5) is 5.69 Å². The number of carbonyl (C=O) groups is 2. The molecule has 234 valence electrons. The normalized spacial score (nSPS) is 17.9. The molecule has 4 rings (SSSR count). The minimum Gasteiger partial charge on any atom is -0.496 e. The van der Waals surface area contributed by atoms with Crippen molar-refractivity contribution in [2.75, 3.05) is 25.2 Å². The van der Waals surface area contributed by atoms with Crippen molar-refractivity contribution in [1.29, 1.82) is 0 Å². The molecular formula is C34H46N2O6S. The summed E-state index contributed by atoms with van der Waals surface area (Å²) in [6.07, 6.45) is 4.17. The van der Waals surface area contributed by atoms with Gasteiger partial charge in [0.15, 0.2) is 0 Å². The summed E-state index contributed by atoms with van der Waals surface area (Å²) in [6, 6.07) is 7.26. The number of aryl methyl sites for hydroxylation is 1. The first-order valence-electron chi connectivity index (χ1n) is 15.3. The molecule has 3 aromatic rings. The van der Waals surface area contributed by atoms with Gasteiger partial charge in [-0.15, -0.1) is 11.3 Å². The van der Waals surface area contributed by atoms with Crippen molar-refractivity contribution in [3.8, 4) is 17.4 Å². The van der Waals surface area contributed by atoms with E-state index < -0.39 is 5.97 Å². The van der Waals surface area contributed by atoms with Crippen LogP contribution in [-0.2, 0) is 10.2 Å². The summed E-state index contributed by atoms with van der Waals surface area (Å²) >= 11 is 1.26. The molecule has 43 heavy (non-hydrogen) atoms. The molecule has 0 aliphatic heterocycles. The number of carboxylic acids is 1. The predicted octanol–water partition coefficient (Wildman–Crippen LogP) is 8.02. The predicted molar refractivity (Wildman–Crippen MR) is 172 cm³/mol. The number of hydrogen-bond donors (Lipinski definition) is 1. The lowest BCUT2D eigenvalue weighted by Crippen LogP contribution is -2.44. The Kier molecular flexibility index (Phi) is 10.3. The second-order valence-corrected chi connectivity index (χ2v) is 13.8. The van der Waals surface area contributed by atoms with Crippen LogP contribution < -0.4 is 19.1 Å². The number of methoxy groups -OCH3 is 1. The minimum absolute atomic E-state index is 0.0101. The number of nitrogens with zero attached hydrogens (tertiary/aromatic N) is 2. The van der Waals surface area contributed by atoms with Gasteiger partial charge < -0.3 is 24.2 Å². The summed E-state index contributed by atoms with van der Waals surface area (Å²) < 4.78 is 17.6. The first-order valence-corrected chi connectivity index (χ1v) is 16.1. The van der Waals surface area contributed by atoms with Crippen molar-refractivity contribution in [2.45, 2.75) is 92.0 Å². The molecule has 2 aromatic heterocycles. The Morgan fingerprint density at radius 3 is 2.42 bits per heavy atom. The fourth-order valence-corrected chi connectivity index (χ4v) is 6.79. The van der Waals surface area contributed by atoms with E-state index in [9.17, 15) is 14.7 Å². The van der Waals surface area contributed by atoms with Gasteiger partial charge in [-0.05, 0) is 76.0 Å². The van der Waals surface area contributed by atoms with Crippen LogP contribution in [0.5, 0.6) is 17.4 Å². The van der Waals surface area contributed by atoms with Crippen molar-refractivity contribution in [3.05, 3.63) is 39.6 Å². The highest BCUT2D eigenvalue weighted by Gasteiger charge is 2.35. The highest BCUT2D eigenvalue weighted by molar-refractivity contribution is 7.14. The largest absolute Gasteiger partial charge is 0.496 e. The number of pyridine rings is 1. The molecule has 1 atom stereocenters. The zero-order valence-corrected chi connectivity index (χ0v) is 27.6. The van der Waals surface area contributed by atoms with E-state index in [1.54, 1.807) is 18.1 Å². The lowest BCUT2D eigenvalue weighted by molar-refractivity contribution is -0.124. The maximum Gasteiger partial charge on any atom is 0.348 e. The summed E-state index contributed by atoms with van der Waals surface area (Å²) in [5.74, 6) is 1.34. The van der Waals surface area contributed by atoms with Gasteiger partial charge in [-0.1, -0.05) is 27.7 Å². The van der Waals surface area contributed by atoms with Crippen molar-refractivity contribution >= 4 is 39.8 Å². The van der Waals surface area contributed by atoms with Crippen LogP contribution in [0.25, 0.3) is 10.9 Å². The van der Waals surface area contributed by atoms with Crippen molar-refractivity contribution in [2.24, 2.45) is 11.8 Å². The van der Waals surface area contributed by atoms with Crippen LogP contribution in [0, 0.1) is 18.8 Å². The molecule has 0 spiro atoms. The number of rotatable bonds is 11. The van der Waals surface area contributed by atoms with Gasteiger partial charge in [0, 0.05) is 40.3 Å². The fourth-order valence-electron chi connectivity index (χ4n) is 5.75. The van der Waals surface area contributed by atoms with Crippen molar-refractivity contribution in [3.63, 3.8) is 0 Å². The first kappa shape index (κ1) is 32.6. The van der Waals surface area contributed by atoms with Crippen LogP contribution >= 0.6 is 11.3 Å². The molecule has 8 nitrogen and oxygen atoms in total. The molecule has 1 aromatic carbocycles. The molecule has 1 N–H and O–H groups in total. The van der Waals surface area contributed by atoms with Gasteiger partial charge >= 0.3 is 5.97 Å². The third-order valence-electron chi connectivity index (χ3n) is 8.38. The summed E-state index contributed by atoms with van der Waals surface area (Å²) in [5.41, 5.74) is 1.90. The lowest BCUT2D eigenvalue weighted by Gasteiger charge is -2.35. The molecule has 2 heterocycles. The van der Waals surface area contributed by atoms with Crippen LogP contribution in [0.1, 0.15) is 93.8 Å². The third-order valence-corrected chi connectivity index (χ3v) is 9.92. The molecule has 1 amide bonds. The van der Waals surface area contributed by atoms with E-state index in [1.807, 2.05) is 39.0 Å². The van der Waals surface area contributed by atoms with Gasteiger partial charge in [-0.3, -0.25) is 4.79 Å². The zero-order chi connectivity index (χ0) is 31.5. The standard InChI is InChI=1S/C34H46N2O6S/c1-9-41-29-19-27(24-14-15-26(40-8)22(4)30(24)35-29)42-17-16-21(3)36(32(37)23-12-10-20(2)11-13-23)25-18-28(34(5,6)7)43-31(25)33(38)39/h14-15,18-21,23H,9-13,16-17H2,1-8H3,(H,38,39)/t20?,21-,23?/m0/s1. The van der Waals surface area contributed by atoms with E-state index in [-0.39, 0.29) is 28.2 Å². The molecular weight excluding hydrogens is 564 g/mol. The number of aromatic nitrogens is 1. The van der Waals surface area contributed by atoms with Gasteiger partial charge in [-0.2, -0.15) is 0 Å². The SMILES string of the molecule is CCOc1cc(OCC[C@H](C)N(C(=O)C2CCC(C)CC2)c2cc(C(C)(C)C)sc2C(=O)O)c2ccc(OC)c(C)c2n1. The number of anilines is 1. The summed E-state index contributed by atoms with van der Waals surface area (Å²) in [4.78, 5) is 34.2. The van der Waals surface area contributed by atoms with Crippen LogP contribution in [0.3, 0.4) is 0 Å². The van der Waals surface area contributed by atoms with Crippen LogP contribution in [0.2, 0.25) is 0 Å². The van der Waals surface area contributed by atoms with Gasteiger partial charge in [0.2, 0.25) is 11.8 Å². The number of carbonyl (C=O) groups excluding carboxylic acids is 1. The Labute approximate surface area is 259 Å². The highest BCUT2D eigenvalue weighted by Crippen LogP contribution is 2.41. The van der Waals surface area contributed by atoms with Gasteiger partial charge in [0.25, 0.3) is 0 Å². The minimum atomic E-state index is -1.01. The molecule has 0 radical (unpaired) electrons. The Bertz CT molecular complexity index is 1450. The maximum atomic E-state index is 14.2. The molecule has 0 saturated heterocycles. The second kappa shape index (κ2) is 13.5. The van der Waals surface area contributed by atoms with Crippen molar-refractivity contribution in [1.82, 2.24) is 4.98 Å². The molecule has 0 unspecified atom stereocenters. The molecule has 9 heteroatoms. The summed E-state index contributed by atoms with van der Waals surface area (Å²) in [7, 11) is 1.63. The molecule has 0 bridgehead atoms. The lowest BCUT2D eigenvalue weighted by atomic mass is 9.82. The Morgan fingerprint density at radius 1 is 1.12 bits per heavy atom. The highest BCUT2D eigenvalue weighted by atomic mass is 32.1. The van der Waals surface area contributed by atoms with E-state index in [0.717, 1.165) is 52.8 Å². The molecule has 1 saturated carbocycles. The molecule has 1 aliphatic rings. The number of carboxylic acid groups (broad SMARTS) is 1. The van der Waals surface area contributed by atoms with Crippen molar-refractivity contribution < 1.29 is 28.9 Å². The number of hydrogen-bond acceptors (Lipinski definition) is 7. The first-order chi connectivity index (χ1) is 20.3. The summed E-state index contributed by atoms with van der Waals surface area (Å²) in [6.45, 7) is 15.1. The maximum absolute atomic E-state index is 14.2. The van der Waals surface area contributed by atoms with E-state index >= 15 is 0 Å². The summed E-state index contributed by atoms with van der Waals surface area (Å²) in [5, 5.41) is 11.0. The number of amides is 1. The Morgan fingerprint density at radius 2 is 1.81 bits per heavy atom. The smallest absolute Gasteiger partial charge is 0.348 e. The quantitative estimate of drug-likeness (QED) is 0.235. The average Bonchev–Trinajstić information content (AvgIpc) is 3.40. The number of benzene rings is 1. The van der Waals surface area contributed by atoms with E-state index in [2.05, 4.69) is 32.7 Å². The Balaban J connectivity index is 1.64. The average molecular weight is 611 g/mol.